The van der Waals surface area contributed by atoms with Gasteiger partial charge in [0.2, 0.25) is 5.91 Å². The highest BCUT2D eigenvalue weighted by molar-refractivity contribution is 5.84. The van der Waals surface area contributed by atoms with Gasteiger partial charge in [0.15, 0.2) is 17.5 Å². The minimum Gasteiger partial charge on any atom is -0.343 e. The molecular weight excluding hydrogens is 555 g/mol. The summed E-state index contributed by atoms with van der Waals surface area (Å²) < 4.78 is 73.0. The van der Waals surface area contributed by atoms with Crippen molar-refractivity contribution in [3.63, 3.8) is 0 Å². The first kappa shape index (κ1) is 27.2. The molecule has 3 aromatic rings. The number of fused-ring (bicyclic) bond motifs is 3. The number of hydrogen-bond donors (Lipinski definition) is 0. The summed E-state index contributed by atoms with van der Waals surface area (Å²) in [6.45, 7) is 1.01. The molecule has 1 saturated carbocycles. The second-order valence-corrected chi connectivity index (χ2v) is 12.1. The fraction of sp³-hybridized carbons (Fsp3) is 0.500. The number of benzene rings is 1. The Kier molecular flexibility index (Phi) is 6.25. The van der Waals surface area contributed by atoms with Gasteiger partial charge in [-0.3, -0.25) is 4.79 Å². The molecular formula is C30H29F5N6O. The maximum Gasteiger partial charge on any atom is 0.401 e. The molecule has 12 heteroatoms. The number of halogens is 5. The highest BCUT2D eigenvalue weighted by atomic mass is 19.4. The second-order valence-electron chi connectivity index (χ2n) is 12.1. The lowest BCUT2D eigenvalue weighted by Crippen LogP contribution is -2.45. The van der Waals surface area contributed by atoms with Crippen molar-refractivity contribution in [2.75, 3.05) is 13.1 Å². The van der Waals surface area contributed by atoms with Crippen LogP contribution in [0.2, 0.25) is 0 Å². The average molecular weight is 585 g/mol. The SMILES string of the molecule is O=C(C[C@@H]1CC[C@@H](c2cccc(F)c2F)Cn2c1nnc2C1(C(F)(F)F)CC1)N1CCC2(C=Nc3ncccc32)CC1. The summed E-state index contributed by atoms with van der Waals surface area (Å²) in [5.74, 6) is -2.39. The summed E-state index contributed by atoms with van der Waals surface area (Å²) >= 11 is 0. The lowest BCUT2D eigenvalue weighted by Gasteiger charge is -2.38. The molecule has 0 bridgehead atoms. The van der Waals surface area contributed by atoms with Crippen LogP contribution in [0.1, 0.15) is 79.6 Å². The van der Waals surface area contributed by atoms with E-state index in [9.17, 15) is 26.7 Å². The molecule has 0 unspecified atom stereocenters. The third kappa shape index (κ3) is 4.24. The fourth-order valence-corrected chi connectivity index (χ4v) is 7.07. The lowest BCUT2D eigenvalue weighted by molar-refractivity contribution is -0.163. The van der Waals surface area contributed by atoms with Crippen molar-refractivity contribution < 1.29 is 26.7 Å². The first-order valence-corrected chi connectivity index (χ1v) is 14.3. The molecule has 2 aromatic heterocycles. The van der Waals surface area contributed by atoms with Gasteiger partial charge in [-0.15, -0.1) is 10.2 Å². The first-order valence-electron chi connectivity index (χ1n) is 14.3. The highest BCUT2D eigenvalue weighted by Crippen LogP contribution is 2.59. The predicted molar refractivity (Wildman–Crippen MR) is 143 cm³/mol. The number of aliphatic imine (C=N–C) groups is 1. The van der Waals surface area contributed by atoms with Crippen LogP contribution in [-0.2, 0) is 22.2 Å². The van der Waals surface area contributed by atoms with Gasteiger partial charge in [-0.1, -0.05) is 18.2 Å². The summed E-state index contributed by atoms with van der Waals surface area (Å²) in [5, 5.41) is 8.24. The Morgan fingerprint density at radius 1 is 1.00 bits per heavy atom. The molecule has 7 nitrogen and oxygen atoms in total. The molecule has 1 saturated heterocycles. The number of hydrogen-bond acceptors (Lipinski definition) is 5. The predicted octanol–water partition coefficient (Wildman–Crippen LogP) is 5.87. The van der Waals surface area contributed by atoms with Crippen LogP contribution in [0.4, 0.5) is 27.8 Å². The third-order valence-corrected chi connectivity index (χ3v) is 9.74. The van der Waals surface area contributed by atoms with Gasteiger partial charge in [-0.05, 0) is 56.2 Å². The number of aromatic nitrogens is 4. The van der Waals surface area contributed by atoms with E-state index in [2.05, 4.69) is 20.2 Å². The van der Waals surface area contributed by atoms with Crippen molar-refractivity contribution in [2.24, 2.45) is 4.99 Å². The molecule has 220 valence electrons. The van der Waals surface area contributed by atoms with Crippen LogP contribution >= 0.6 is 0 Å². The Balaban J connectivity index is 1.15. The highest BCUT2D eigenvalue weighted by Gasteiger charge is 2.67. The van der Waals surface area contributed by atoms with E-state index in [-0.39, 0.29) is 48.5 Å². The number of carbonyl (C=O) groups excluding carboxylic acids is 1. The largest absolute Gasteiger partial charge is 0.401 e. The van der Waals surface area contributed by atoms with Crippen LogP contribution < -0.4 is 0 Å². The third-order valence-electron chi connectivity index (χ3n) is 9.74. The molecule has 1 amide bonds. The van der Waals surface area contributed by atoms with Crippen LogP contribution in [0.5, 0.6) is 0 Å². The van der Waals surface area contributed by atoms with Gasteiger partial charge >= 0.3 is 6.18 Å². The molecule has 7 rings (SSSR count). The second kappa shape index (κ2) is 9.67. The molecule has 0 radical (unpaired) electrons. The average Bonchev–Trinajstić information content (AvgIpc) is 3.64. The smallest absolute Gasteiger partial charge is 0.343 e. The van der Waals surface area contributed by atoms with Crippen molar-refractivity contribution in [3.8, 4) is 0 Å². The van der Waals surface area contributed by atoms with E-state index in [1.807, 2.05) is 18.3 Å². The van der Waals surface area contributed by atoms with E-state index in [4.69, 9.17) is 0 Å². The molecule has 1 aliphatic carbocycles. The van der Waals surface area contributed by atoms with Gasteiger partial charge in [-0.25, -0.2) is 18.8 Å². The van der Waals surface area contributed by atoms with Crippen LogP contribution in [-0.4, -0.2) is 56.0 Å². The minimum atomic E-state index is -4.52. The zero-order valence-corrected chi connectivity index (χ0v) is 22.7. The monoisotopic (exact) mass is 584 g/mol. The summed E-state index contributed by atoms with van der Waals surface area (Å²) in [4.78, 5) is 24.2. The Hall–Kier alpha value is -3.70. The Morgan fingerprint density at radius 2 is 1.79 bits per heavy atom. The van der Waals surface area contributed by atoms with E-state index in [1.54, 1.807) is 11.1 Å². The van der Waals surface area contributed by atoms with Crippen molar-refractivity contribution >= 4 is 17.9 Å². The Bertz CT molecular complexity index is 1570. The van der Waals surface area contributed by atoms with Crippen LogP contribution in [0.15, 0.2) is 41.5 Å². The van der Waals surface area contributed by atoms with Gasteiger partial charge in [0, 0.05) is 61.3 Å². The van der Waals surface area contributed by atoms with Crippen LogP contribution in [0.3, 0.4) is 0 Å². The van der Waals surface area contributed by atoms with Crippen molar-refractivity contribution in [3.05, 3.63) is 70.9 Å². The van der Waals surface area contributed by atoms with Crippen molar-refractivity contribution in [1.29, 1.82) is 0 Å². The van der Waals surface area contributed by atoms with Gasteiger partial charge < -0.3 is 9.47 Å². The van der Waals surface area contributed by atoms with Gasteiger partial charge in [0.05, 0.1) is 0 Å². The number of carbonyl (C=O) groups is 1. The number of likely N-dealkylation sites (tertiary alicyclic amines) is 1. The van der Waals surface area contributed by atoms with E-state index in [0.29, 0.717) is 50.4 Å². The summed E-state index contributed by atoms with van der Waals surface area (Å²) in [6.07, 6.45) is 1.10. The Labute approximate surface area is 238 Å². The normalized spacial score (nSPS) is 23.9. The van der Waals surface area contributed by atoms with E-state index >= 15 is 0 Å². The molecule has 0 N–H and O–H groups in total. The molecule has 5 heterocycles. The van der Waals surface area contributed by atoms with Gasteiger partial charge in [-0.2, -0.15) is 13.2 Å². The minimum absolute atomic E-state index is 0.0143. The van der Waals surface area contributed by atoms with E-state index in [0.717, 1.165) is 11.6 Å². The zero-order chi connectivity index (χ0) is 29.3. The zero-order valence-electron chi connectivity index (χ0n) is 22.7. The number of amides is 1. The molecule has 2 atom stereocenters. The molecule has 1 spiro atoms. The first-order chi connectivity index (χ1) is 20.1. The maximum atomic E-state index is 14.9. The number of rotatable bonds is 4. The summed E-state index contributed by atoms with van der Waals surface area (Å²) in [6, 6.07) is 7.80. The topological polar surface area (TPSA) is 76.3 Å². The molecule has 4 aliphatic rings. The van der Waals surface area contributed by atoms with Crippen LogP contribution in [0.25, 0.3) is 0 Å². The summed E-state index contributed by atoms with van der Waals surface area (Å²) in [7, 11) is 0. The van der Waals surface area contributed by atoms with Crippen molar-refractivity contribution in [1.82, 2.24) is 24.6 Å². The lowest BCUT2D eigenvalue weighted by atomic mass is 9.75. The van der Waals surface area contributed by atoms with E-state index in [1.165, 1.54) is 16.7 Å². The fourth-order valence-electron chi connectivity index (χ4n) is 7.07. The standard InChI is InChI=1S/C30H29F5N6O/c31-22-5-1-3-20(24(22)32)19-7-6-18(26-38-39-27(41(26)16-19)29(8-9-29)30(33,34)35)15-23(42)40-13-10-28(11-14-40)17-37-25-21(28)4-2-12-36-25/h1-5,12,17-19H,6-11,13-16H2/t18-,19+/m0/s1. The quantitative estimate of drug-likeness (QED) is 0.360. The number of alkyl halides is 3. The molecule has 3 aliphatic heterocycles. The van der Waals surface area contributed by atoms with Crippen LogP contribution in [0, 0.1) is 11.6 Å². The number of pyridine rings is 1. The molecule has 2 fully saturated rings. The molecule has 1 aromatic carbocycles. The van der Waals surface area contributed by atoms with Gasteiger partial charge in [0.25, 0.3) is 0 Å². The Morgan fingerprint density at radius 3 is 2.52 bits per heavy atom. The summed E-state index contributed by atoms with van der Waals surface area (Å²) in [5.41, 5.74) is -1.18. The molecule has 42 heavy (non-hydrogen) atoms. The van der Waals surface area contributed by atoms with Gasteiger partial charge in [0.1, 0.15) is 17.1 Å². The maximum absolute atomic E-state index is 14.9. The van der Waals surface area contributed by atoms with Crippen molar-refractivity contribution in [2.45, 2.75) is 80.3 Å². The number of nitrogens with zero attached hydrogens (tertiary/aromatic N) is 6. The number of piperidine rings is 1. The van der Waals surface area contributed by atoms with E-state index < -0.39 is 35.1 Å².